The number of aromatic hydroxyl groups is 2. The minimum atomic E-state index is -0.761. The van der Waals surface area contributed by atoms with E-state index in [0.717, 1.165) is 6.07 Å². The van der Waals surface area contributed by atoms with Gasteiger partial charge in [-0.15, -0.1) is 0 Å². The van der Waals surface area contributed by atoms with Crippen molar-refractivity contribution in [2.24, 2.45) is 5.73 Å². The van der Waals surface area contributed by atoms with Crippen molar-refractivity contribution in [1.29, 1.82) is 0 Å². The van der Waals surface area contributed by atoms with Crippen molar-refractivity contribution in [3.63, 3.8) is 0 Å². The van der Waals surface area contributed by atoms with E-state index in [1.807, 2.05) is 0 Å². The number of carbonyl (C=O) groups excluding carboxylic acids is 2. The Morgan fingerprint density at radius 1 is 1.37 bits per heavy atom. The van der Waals surface area contributed by atoms with Crippen LogP contribution in [0, 0.1) is 0 Å². The Morgan fingerprint density at radius 2 is 2.11 bits per heavy atom. The van der Waals surface area contributed by atoms with E-state index in [1.54, 1.807) is 0 Å². The van der Waals surface area contributed by atoms with Gasteiger partial charge >= 0.3 is 0 Å². The molecule has 0 bridgehead atoms. The highest BCUT2D eigenvalue weighted by atomic mass is 16.3. The van der Waals surface area contributed by atoms with Gasteiger partial charge in [-0.1, -0.05) is 0 Å². The molecular formula is C12H15N3O4. The van der Waals surface area contributed by atoms with Gasteiger partial charge in [0.1, 0.15) is 17.5 Å². The van der Waals surface area contributed by atoms with Crippen LogP contribution in [0.15, 0.2) is 18.2 Å². The maximum Gasteiger partial charge on any atom is 0.258 e. The number of piperazine rings is 1. The van der Waals surface area contributed by atoms with Gasteiger partial charge < -0.3 is 26.2 Å². The summed E-state index contributed by atoms with van der Waals surface area (Å²) in [5, 5.41) is 22.0. The SMILES string of the molecule is NC(=O)C1CNCCN1C(=O)c1cc(O)ccc1O. The minimum absolute atomic E-state index is 0.0480. The molecule has 1 aromatic rings. The van der Waals surface area contributed by atoms with Crippen molar-refractivity contribution in [2.75, 3.05) is 19.6 Å². The number of rotatable bonds is 2. The molecule has 0 saturated carbocycles. The zero-order chi connectivity index (χ0) is 14.0. The molecule has 1 saturated heterocycles. The molecule has 5 N–H and O–H groups in total. The lowest BCUT2D eigenvalue weighted by molar-refractivity contribution is -0.122. The van der Waals surface area contributed by atoms with Gasteiger partial charge in [-0.2, -0.15) is 0 Å². The summed E-state index contributed by atoms with van der Waals surface area (Å²) in [6, 6.07) is 2.90. The molecule has 1 aliphatic rings. The summed E-state index contributed by atoms with van der Waals surface area (Å²) in [6.07, 6.45) is 0. The summed E-state index contributed by atoms with van der Waals surface area (Å²) in [4.78, 5) is 24.9. The van der Waals surface area contributed by atoms with Crippen LogP contribution in [0.1, 0.15) is 10.4 Å². The molecule has 2 amide bonds. The number of amides is 2. The van der Waals surface area contributed by atoms with E-state index in [-0.39, 0.29) is 23.6 Å². The molecule has 1 aliphatic heterocycles. The first kappa shape index (κ1) is 13.2. The van der Waals surface area contributed by atoms with Crippen LogP contribution in [0.3, 0.4) is 0 Å². The van der Waals surface area contributed by atoms with Gasteiger partial charge in [0.2, 0.25) is 5.91 Å². The van der Waals surface area contributed by atoms with Gasteiger partial charge in [-0.25, -0.2) is 0 Å². The van der Waals surface area contributed by atoms with Crippen molar-refractivity contribution >= 4 is 11.8 Å². The second-order valence-electron chi connectivity index (χ2n) is 4.32. The van der Waals surface area contributed by atoms with E-state index < -0.39 is 17.9 Å². The van der Waals surface area contributed by atoms with Crippen LogP contribution in [0.2, 0.25) is 0 Å². The standard InChI is InChI=1S/C12H15N3O4/c13-11(18)9-6-14-3-4-15(9)12(19)8-5-7(16)1-2-10(8)17/h1-2,5,9,14,16-17H,3-4,6H2,(H2,13,18). The van der Waals surface area contributed by atoms with E-state index in [9.17, 15) is 19.8 Å². The summed E-state index contributed by atoms with van der Waals surface area (Å²) in [5.41, 5.74) is 5.21. The summed E-state index contributed by atoms with van der Waals surface area (Å²) in [7, 11) is 0. The van der Waals surface area contributed by atoms with Crippen molar-refractivity contribution in [3.8, 4) is 11.5 Å². The first-order valence-electron chi connectivity index (χ1n) is 5.83. The molecule has 7 nitrogen and oxygen atoms in total. The van der Waals surface area contributed by atoms with E-state index >= 15 is 0 Å². The molecule has 7 heteroatoms. The van der Waals surface area contributed by atoms with Crippen molar-refractivity contribution in [3.05, 3.63) is 23.8 Å². The fraction of sp³-hybridized carbons (Fsp3) is 0.333. The average Bonchev–Trinajstić information content (AvgIpc) is 2.40. The molecule has 0 aromatic heterocycles. The molecule has 1 fully saturated rings. The van der Waals surface area contributed by atoms with Crippen LogP contribution in [-0.2, 0) is 4.79 Å². The number of hydrogen-bond acceptors (Lipinski definition) is 5. The number of hydrogen-bond donors (Lipinski definition) is 4. The lowest BCUT2D eigenvalue weighted by Crippen LogP contribution is -2.58. The predicted molar refractivity (Wildman–Crippen MR) is 66.7 cm³/mol. The van der Waals surface area contributed by atoms with Crippen LogP contribution in [0.25, 0.3) is 0 Å². The molecule has 2 rings (SSSR count). The number of nitrogens with two attached hydrogens (primary N) is 1. The lowest BCUT2D eigenvalue weighted by Gasteiger charge is -2.34. The monoisotopic (exact) mass is 265 g/mol. The normalized spacial score (nSPS) is 19.2. The summed E-state index contributed by atoms with van der Waals surface area (Å²) >= 11 is 0. The quantitative estimate of drug-likeness (QED) is 0.512. The first-order chi connectivity index (χ1) is 9.00. The third-order valence-electron chi connectivity index (χ3n) is 3.04. The third-order valence-corrected chi connectivity index (χ3v) is 3.04. The van der Waals surface area contributed by atoms with Crippen LogP contribution >= 0.6 is 0 Å². The largest absolute Gasteiger partial charge is 0.508 e. The number of primary amides is 1. The molecule has 102 valence electrons. The fourth-order valence-corrected chi connectivity index (χ4v) is 2.05. The Hall–Kier alpha value is -2.28. The Morgan fingerprint density at radius 3 is 2.79 bits per heavy atom. The zero-order valence-corrected chi connectivity index (χ0v) is 10.2. The highest BCUT2D eigenvalue weighted by molar-refractivity contribution is 6.00. The average molecular weight is 265 g/mol. The third kappa shape index (κ3) is 2.60. The Labute approximate surface area is 109 Å². The van der Waals surface area contributed by atoms with Crippen molar-refractivity contribution in [1.82, 2.24) is 10.2 Å². The number of benzene rings is 1. The highest BCUT2D eigenvalue weighted by Gasteiger charge is 2.32. The molecule has 0 aliphatic carbocycles. The number of nitrogens with one attached hydrogen (secondary N) is 1. The fourth-order valence-electron chi connectivity index (χ4n) is 2.05. The Balaban J connectivity index is 2.31. The summed E-state index contributed by atoms with van der Waals surface area (Å²) < 4.78 is 0. The Bertz CT molecular complexity index is 518. The molecule has 1 unspecified atom stereocenters. The van der Waals surface area contributed by atoms with E-state index in [0.29, 0.717) is 13.1 Å². The van der Waals surface area contributed by atoms with Gasteiger partial charge in [0, 0.05) is 19.6 Å². The number of nitrogens with zero attached hydrogens (tertiary/aromatic N) is 1. The van der Waals surface area contributed by atoms with Crippen LogP contribution in [0.5, 0.6) is 11.5 Å². The van der Waals surface area contributed by atoms with E-state index in [2.05, 4.69) is 5.32 Å². The molecule has 1 aromatic carbocycles. The van der Waals surface area contributed by atoms with Crippen LogP contribution in [0.4, 0.5) is 0 Å². The smallest absolute Gasteiger partial charge is 0.258 e. The van der Waals surface area contributed by atoms with E-state index in [1.165, 1.54) is 17.0 Å². The van der Waals surface area contributed by atoms with Gasteiger partial charge in [0.05, 0.1) is 5.56 Å². The molecule has 0 radical (unpaired) electrons. The van der Waals surface area contributed by atoms with Gasteiger partial charge in [0.25, 0.3) is 5.91 Å². The Kier molecular flexibility index (Phi) is 3.57. The first-order valence-corrected chi connectivity index (χ1v) is 5.83. The van der Waals surface area contributed by atoms with Crippen LogP contribution in [-0.4, -0.2) is 52.6 Å². The van der Waals surface area contributed by atoms with Gasteiger partial charge in [-0.3, -0.25) is 9.59 Å². The predicted octanol–water partition coefficient (Wildman–Crippen LogP) is -1.00. The maximum absolute atomic E-state index is 12.3. The second-order valence-corrected chi connectivity index (χ2v) is 4.32. The summed E-state index contributed by atoms with van der Waals surface area (Å²) in [6.45, 7) is 1.12. The zero-order valence-electron chi connectivity index (χ0n) is 10.2. The van der Waals surface area contributed by atoms with Crippen molar-refractivity contribution in [2.45, 2.75) is 6.04 Å². The number of phenolic OH excluding ortho intramolecular Hbond substituents is 2. The van der Waals surface area contributed by atoms with Crippen LogP contribution < -0.4 is 11.1 Å². The topological polar surface area (TPSA) is 116 Å². The maximum atomic E-state index is 12.3. The highest BCUT2D eigenvalue weighted by Crippen LogP contribution is 2.24. The number of phenols is 2. The molecule has 1 atom stereocenters. The molecule has 19 heavy (non-hydrogen) atoms. The van der Waals surface area contributed by atoms with Gasteiger partial charge in [-0.05, 0) is 18.2 Å². The summed E-state index contributed by atoms with van der Waals surface area (Å²) in [5.74, 6) is -1.52. The second kappa shape index (κ2) is 5.15. The van der Waals surface area contributed by atoms with Crippen molar-refractivity contribution < 1.29 is 19.8 Å². The molecular weight excluding hydrogens is 250 g/mol. The minimum Gasteiger partial charge on any atom is -0.508 e. The van der Waals surface area contributed by atoms with Gasteiger partial charge in [0.15, 0.2) is 0 Å². The van der Waals surface area contributed by atoms with E-state index in [4.69, 9.17) is 5.73 Å². The number of carbonyl (C=O) groups is 2. The lowest BCUT2D eigenvalue weighted by atomic mass is 10.1. The molecule has 1 heterocycles. The molecule has 0 spiro atoms.